The number of rotatable bonds is 4. The number of aliphatic hydroxyl groups is 1. The van der Waals surface area contributed by atoms with E-state index in [-0.39, 0.29) is 16.7 Å². The molecule has 1 fully saturated rings. The Morgan fingerprint density at radius 3 is 1.95 bits per heavy atom. The van der Waals surface area contributed by atoms with Gasteiger partial charge in [-0.1, -0.05) is 27.7 Å². The monoisotopic (exact) mass is 342 g/mol. The van der Waals surface area contributed by atoms with Crippen LogP contribution in [0.15, 0.2) is 16.6 Å². The van der Waals surface area contributed by atoms with Crippen LogP contribution in [0.2, 0.25) is 0 Å². The zero-order chi connectivity index (χ0) is 15.3. The van der Waals surface area contributed by atoms with Gasteiger partial charge in [0.2, 0.25) is 0 Å². The summed E-state index contributed by atoms with van der Waals surface area (Å²) in [5.41, 5.74) is 1.01. The van der Waals surface area contributed by atoms with Crippen molar-refractivity contribution >= 4 is 15.9 Å². The van der Waals surface area contributed by atoms with Gasteiger partial charge < -0.3 is 14.6 Å². The van der Waals surface area contributed by atoms with Crippen LogP contribution in [0.3, 0.4) is 0 Å². The Kier molecular flexibility index (Phi) is 3.85. The van der Waals surface area contributed by atoms with E-state index in [2.05, 4.69) is 43.6 Å². The molecule has 3 nitrogen and oxygen atoms in total. The minimum absolute atomic E-state index is 0.109. The van der Waals surface area contributed by atoms with Crippen molar-refractivity contribution < 1.29 is 14.6 Å². The van der Waals surface area contributed by atoms with Crippen molar-refractivity contribution in [2.24, 2.45) is 16.7 Å². The lowest BCUT2D eigenvalue weighted by atomic mass is 9.98. The van der Waals surface area contributed by atoms with Gasteiger partial charge in [0.15, 0.2) is 0 Å². The van der Waals surface area contributed by atoms with E-state index in [0.29, 0.717) is 11.5 Å². The van der Waals surface area contributed by atoms with E-state index in [1.165, 1.54) is 0 Å². The van der Waals surface area contributed by atoms with E-state index in [1.54, 1.807) is 14.2 Å². The summed E-state index contributed by atoms with van der Waals surface area (Å²) in [6.45, 7) is 8.79. The molecule has 0 bridgehead atoms. The minimum atomic E-state index is -0.558. The molecule has 1 aromatic rings. The van der Waals surface area contributed by atoms with E-state index in [4.69, 9.17) is 9.47 Å². The number of hydrogen-bond donors (Lipinski definition) is 1. The number of benzene rings is 1. The second kappa shape index (κ2) is 4.92. The maximum absolute atomic E-state index is 10.8. The first kappa shape index (κ1) is 15.6. The maximum Gasteiger partial charge on any atom is 0.133 e. The first-order valence-corrected chi connectivity index (χ1v) is 7.57. The molecule has 4 heteroatoms. The number of aliphatic hydroxyl groups excluding tert-OH is 1. The second-order valence-electron chi connectivity index (χ2n) is 6.59. The first-order valence-electron chi connectivity index (χ1n) is 6.78. The highest BCUT2D eigenvalue weighted by Gasteiger charge is 2.67. The van der Waals surface area contributed by atoms with E-state index in [1.807, 2.05) is 12.1 Å². The van der Waals surface area contributed by atoms with Gasteiger partial charge in [-0.05, 0) is 38.9 Å². The van der Waals surface area contributed by atoms with Gasteiger partial charge >= 0.3 is 0 Å². The lowest BCUT2D eigenvalue weighted by Gasteiger charge is -2.18. The van der Waals surface area contributed by atoms with Gasteiger partial charge in [0.05, 0.1) is 24.8 Å². The topological polar surface area (TPSA) is 38.7 Å². The van der Waals surface area contributed by atoms with Crippen molar-refractivity contribution in [3.8, 4) is 11.5 Å². The van der Waals surface area contributed by atoms with Gasteiger partial charge in [0.25, 0.3) is 0 Å². The molecular formula is C16H23BrO3. The highest BCUT2D eigenvalue weighted by Crippen LogP contribution is 2.72. The molecule has 0 aliphatic heterocycles. The quantitative estimate of drug-likeness (QED) is 0.891. The van der Waals surface area contributed by atoms with Crippen LogP contribution in [0.1, 0.15) is 39.4 Å². The molecule has 112 valence electrons. The van der Waals surface area contributed by atoms with Gasteiger partial charge in [0.1, 0.15) is 11.5 Å². The molecule has 1 atom stereocenters. The Hall–Kier alpha value is -0.740. The summed E-state index contributed by atoms with van der Waals surface area (Å²) in [5, 5.41) is 10.8. The molecule has 0 saturated heterocycles. The third-order valence-corrected chi connectivity index (χ3v) is 5.89. The number of ether oxygens (including phenoxy) is 2. The molecule has 1 saturated carbocycles. The summed E-state index contributed by atoms with van der Waals surface area (Å²) in [6, 6.07) is 3.71. The molecule has 0 spiro atoms. The summed E-state index contributed by atoms with van der Waals surface area (Å²) in [6.07, 6.45) is -0.558. The molecule has 1 N–H and O–H groups in total. The Balaban J connectivity index is 2.43. The van der Waals surface area contributed by atoms with Crippen LogP contribution >= 0.6 is 15.9 Å². The summed E-state index contributed by atoms with van der Waals surface area (Å²) < 4.78 is 11.6. The predicted octanol–water partition coefficient (Wildman–Crippen LogP) is 4.18. The summed E-state index contributed by atoms with van der Waals surface area (Å²) in [5.74, 6) is 1.59. The minimum Gasteiger partial charge on any atom is -0.496 e. The molecule has 1 aliphatic carbocycles. The van der Waals surface area contributed by atoms with Gasteiger partial charge in [-0.25, -0.2) is 0 Å². The third kappa shape index (κ3) is 2.13. The zero-order valence-corrected chi connectivity index (χ0v) is 14.5. The fourth-order valence-corrected chi connectivity index (χ4v) is 3.82. The van der Waals surface area contributed by atoms with Crippen molar-refractivity contribution in [2.75, 3.05) is 14.2 Å². The van der Waals surface area contributed by atoms with Crippen LogP contribution in [0, 0.1) is 16.7 Å². The summed E-state index contributed by atoms with van der Waals surface area (Å²) in [4.78, 5) is 0. The van der Waals surface area contributed by atoms with Gasteiger partial charge in [0, 0.05) is 11.5 Å². The van der Waals surface area contributed by atoms with Gasteiger partial charge in [-0.2, -0.15) is 0 Å². The van der Waals surface area contributed by atoms with Crippen molar-refractivity contribution in [3.63, 3.8) is 0 Å². The number of hydrogen-bond acceptors (Lipinski definition) is 3. The first-order chi connectivity index (χ1) is 9.18. The average molecular weight is 343 g/mol. The van der Waals surface area contributed by atoms with Crippen LogP contribution in [-0.4, -0.2) is 19.3 Å². The molecule has 20 heavy (non-hydrogen) atoms. The molecule has 2 rings (SSSR count). The van der Waals surface area contributed by atoms with Crippen molar-refractivity contribution in [2.45, 2.75) is 33.8 Å². The fourth-order valence-electron chi connectivity index (χ4n) is 3.33. The largest absolute Gasteiger partial charge is 0.496 e. The Labute approximate surface area is 129 Å². The highest BCUT2D eigenvalue weighted by molar-refractivity contribution is 9.10. The molecule has 0 amide bonds. The molecular weight excluding hydrogens is 320 g/mol. The SMILES string of the molecule is COc1cc(C(O)C2C(C)(C)C2(C)C)c(OC)cc1Br. The number of halogens is 1. The van der Waals surface area contributed by atoms with Gasteiger partial charge in [-0.3, -0.25) is 0 Å². The smallest absolute Gasteiger partial charge is 0.133 e. The zero-order valence-electron chi connectivity index (χ0n) is 13.0. The van der Waals surface area contributed by atoms with E-state index in [0.717, 1.165) is 10.0 Å². The van der Waals surface area contributed by atoms with E-state index in [9.17, 15) is 5.11 Å². The van der Waals surface area contributed by atoms with E-state index < -0.39 is 6.10 Å². The normalized spacial score (nSPS) is 21.4. The molecule has 0 heterocycles. The average Bonchev–Trinajstić information content (AvgIpc) is 2.78. The van der Waals surface area contributed by atoms with Crippen molar-refractivity contribution in [1.29, 1.82) is 0 Å². The predicted molar refractivity (Wildman–Crippen MR) is 83.3 cm³/mol. The van der Waals surface area contributed by atoms with E-state index >= 15 is 0 Å². The second-order valence-corrected chi connectivity index (χ2v) is 7.45. The Bertz CT molecular complexity index is 509. The molecule has 0 radical (unpaired) electrons. The lowest BCUT2D eigenvalue weighted by Crippen LogP contribution is -2.08. The lowest BCUT2D eigenvalue weighted by molar-refractivity contribution is 0.127. The molecule has 1 unspecified atom stereocenters. The standard InChI is InChI=1S/C16H23BrO3/c1-15(2)14(16(15,3)4)13(18)9-7-12(20-6)10(17)8-11(9)19-5/h7-8,13-14,18H,1-6H3. The van der Waals surface area contributed by atoms with Crippen LogP contribution in [0.4, 0.5) is 0 Å². The van der Waals surface area contributed by atoms with Gasteiger partial charge in [-0.15, -0.1) is 0 Å². The maximum atomic E-state index is 10.8. The van der Waals surface area contributed by atoms with Crippen LogP contribution in [-0.2, 0) is 0 Å². The van der Waals surface area contributed by atoms with Crippen molar-refractivity contribution in [3.05, 3.63) is 22.2 Å². The molecule has 1 aliphatic rings. The Morgan fingerprint density at radius 1 is 1.05 bits per heavy atom. The highest BCUT2D eigenvalue weighted by atomic mass is 79.9. The third-order valence-electron chi connectivity index (χ3n) is 5.27. The van der Waals surface area contributed by atoms with Crippen LogP contribution < -0.4 is 9.47 Å². The summed E-state index contributed by atoms with van der Waals surface area (Å²) >= 11 is 3.44. The number of methoxy groups -OCH3 is 2. The van der Waals surface area contributed by atoms with Crippen molar-refractivity contribution in [1.82, 2.24) is 0 Å². The molecule has 0 aromatic heterocycles. The van der Waals surface area contributed by atoms with Crippen LogP contribution in [0.25, 0.3) is 0 Å². The van der Waals surface area contributed by atoms with Crippen LogP contribution in [0.5, 0.6) is 11.5 Å². The molecule has 1 aromatic carbocycles. The fraction of sp³-hybridized carbons (Fsp3) is 0.625. The Morgan fingerprint density at radius 2 is 1.55 bits per heavy atom. The summed E-state index contributed by atoms with van der Waals surface area (Å²) in [7, 11) is 3.24.